The van der Waals surface area contributed by atoms with Crippen molar-refractivity contribution in [2.24, 2.45) is 0 Å². The number of carbonyl (C=O) groups is 2. The van der Waals surface area contributed by atoms with Crippen LogP contribution in [0.15, 0.2) is 66.7 Å². The van der Waals surface area contributed by atoms with Gasteiger partial charge < -0.3 is 10.0 Å². The predicted octanol–water partition coefficient (Wildman–Crippen LogP) is 5.14. The Morgan fingerprint density at radius 3 is 2.43 bits per heavy atom. The average Bonchev–Trinajstić information content (AvgIpc) is 2.93. The lowest BCUT2D eigenvalue weighted by Crippen LogP contribution is -2.41. The highest BCUT2D eigenvalue weighted by Crippen LogP contribution is 2.43. The molecule has 3 aromatic rings. The van der Waals surface area contributed by atoms with Gasteiger partial charge in [0.15, 0.2) is 11.4 Å². The summed E-state index contributed by atoms with van der Waals surface area (Å²) in [6.45, 7) is -0.0637. The number of nitrogens with zero attached hydrogens (tertiary/aromatic N) is 1. The van der Waals surface area contributed by atoms with Crippen LogP contribution in [0.2, 0.25) is 10.0 Å². The third-order valence-electron chi connectivity index (χ3n) is 5.18. The van der Waals surface area contributed by atoms with Crippen molar-refractivity contribution in [3.8, 4) is 0 Å². The number of Topliss-reactive ketones (excluding diaryl/α,β-unsaturated/α-hetero) is 1. The summed E-state index contributed by atoms with van der Waals surface area (Å²) in [5, 5.41) is 11.8. The number of halogens is 3. The van der Waals surface area contributed by atoms with Gasteiger partial charge in [-0.05, 0) is 30.3 Å². The van der Waals surface area contributed by atoms with Gasteiger partial charge in [-0.1, -0.05) is 59.6 Å². The number of anilines is 1. The summed E-state index contributed by atoms with van der Waals surface area (Å²) in [5.74, 6) is -1.60. The third kappa shape index (κ3) is 3.49. The van der Waals surface area contributed by atoms with Gasteiger partial charge in [-0.2, -0.15) is 0 Å². The maximum absolute atomic E-state index is 14.2. The highest BCUT2D eigenvalue weighted by Gasteiger charge is 2.50. The standard InChI is InChI=1S/C23H16Cl2FNO3/c24-17-10-9-14(11-18(17)25)21(28)12-23(30)16-6-2-4-8-20(16)27(22(23)29)13-15-5-1-3-7-19(15)26/h1-11,30H,12-13H2/t23-/m0/s1. The van der Waals surface area contributed by atoms with E-state index in [0.717, 1.165) is 0 Å². The largest absolute Gasteiger partial charge is 0.375 e. The number of amides is 1. The molecule has 1 aliphatic heterocycles. The Morgan fingerprint density at radius 2 is 1.70 bits per heavy atom. The Morgan fingerprint density at radius 1 is 1.00 bits per heavy atom. The molecule has 1 heterocycles. The minimum atomic E-state index is -2.06. The Balaban J connectivity index is 1.69. The summed E-state index contributed by atoms with van der Waals surface area (Å²) < 4.78 is 14.2. The van der Waals surface area contributed by atoms with E-state index < -0.39 is 29.5 Å². The number of ketones is 1. The average molecular weight is 444 g/mol. The number of rotatable bonds is 5. The zero-order valence-electron chi connectivity index (χ0n) is 15.6. The second-order valence-electron chi connectivity index (χ2n) is 7.09. The first kappa shape index (κ1) is 20.5. The van der Waals surface area contributed by atoms with Gasteiger partial charge in [-0.25, -0.2) is 4.39 Å². The van der Waals surface area contributed by atoms with Crippen molar-refractivity contribution in [1.82, 2.24) is 0 Å². The lowest BCUT2D eigenvalue weighted by molar-refractivity contribution is -0.136. The van der Waals surface area contributed by atoms with E-state index in [1.165, 1.54) is 29.2 Å². The molecular weight excluding hydrogens is 428 g/mol. The summed E-state index contributed by atoms with van der Waals surface area (Å²) in [5.41, 5.74) is -0.781. The molecule has 0 saturated heterocycles. The number of aliphatic hydroxyl groups is 1. The Kier molecular flexibility index (Phi) is 5.36. The summed E-state index contributed by atoms with van der Waals surface area (Å²) in [4.78, 5) is 27.4. The summed E-state index contributed by atoms with van der Waals surface area (Å²) in [7, 11) is 0. The second kappa shape index (κ2) is 7.84. The molecule has 1 N–H and O–H groups in total. The fourth-order valence-electron chi connectivity index (χ4n) is 3.64. The summed E-state index contributed by atoms with van der Waals surface area (Å²) in [6.07, 6.45) is -0.478. The minimum Gasteiger partial charge on any atom is -0.375 e. The predicted molar refractivity (Wildman–Crippen MR) is 113 cm³/mol. The third-order valence-corrected chi connectivity index (χ3v) is 5.92. The molecule has 30 heavy (non-hydrogen) atoms. The van der Waals surface area contributed by atoms with Crippen molar-refractivity contribution in [3.63, 3.8) is 0 Å². The first-order valence-corrected chi connectivity index (χ1v) is 9.92. The molecule has 1 aliphatic rings. The highest BCUT2D eigenvalue weighted by molar-refractivity contribution is 6.42. The van der Waals surface area contributed by atoms with E-state index in [1.54, 1.807) is 42.5 Å². The van der Waals surface area contributed by atoms with Gasteiger partial charge in [0, 0.05) is 16.7 Å². The van der Waals surface area contributed by atoms with Crippen LogP contribution in [-0.2, 0) is 16.9 Å². The van der Waals surface area contributed by atoms with Crippen molar-refractivity contribution in [1.29, 1.82) is 0 Å². The van der Waals surface area contributed by atoms with E-state index in [9.17, 15) is 19.1 Å². The van der Waals surface area contributed by atoms with E-state index in [1.807, 2.05) is 0 Å². The van der Waals surface area contributed by atoms with E-state index in [0.29, 0.717) is 21.8 Å². The zero-order valence-corrected chi connectivity index (χ0v) is 17.1. The first-order chi connectivity index (χ1) is 14.3. The van der Waals surface area contributed by atoms with Gasteiger partial charge in [-0.3, -0.25) is 9.59 Å². The maximum Gasteiger partial charge on any atom is 0.264 e. The number of carbonyl (C=O) groups excluding carboxylic acids is 2. The van der Waals surface area contributed by atoms with Crippen molar-refractivity contribution < 1.29 is 19.1 Å². The molecule has 1 atom stereocenters. The number of fused-ring (bicyclic) bond motifs is 1. The molecule has 4 nitrogen and oxygen atoms in total. The van der Waals surface area contributed by atoms with E-state index in [-0.39, 0.29) is 17.1 Å². The SMILES string of the molecule is O=C(C[C@@]1(O)C(=O)N(Cc2ccccc2F)c2ccccc21)c1ccc(Cl)c(Cl)c1. The molecule has 7 heteroatoms. The van der Waals surface area contributed by atoms with E-state index in [4.69, 9.17) is 23.2 Å². The Labute approximate surface area is 182 Å². The van der Waals surface area contributed by atoms with Crippen LogP contribution < -0.4 is 4.90 Å². The molecule has 1 amide bonds. The van der Waals surface area contributed by atoms with Gasteiger partial charge in [0.05, 0.1) is 28.7 Å². The van der Waals surface area contributed by atoms with Gasteiger partial charge in [0.2, 0.25) is 0 Å². The van der Waals surface area contributed by atoms with Crippen LogP contribution in [0.3, 0.4) is 0 Å². The fraction of sp³-hybridized carbons (Fsp3) is 0.130. The van der Waals surface area contributed by atoms with Gasteiger partial charge >= 0.3 is 0 Å². The summed E-state index contributed by atoms with van der Waals surface area (Å²) >= 11 is 11.9. The van der Waals surface area contributed by atoms with Crippen molar-refractivity contribution in [2.45, 2.75) is 18.6 Å². The minimum absolute atomic E-state index is 0.0637. The first-order valence-electron chi connectivity index (χ1n) is 9.17. The van der Waals surface area contributed by atoms with Crippen molar-refractivity contribution in [3.05, 3.63) is 99.3 Å². The van der Waals surface area contributed by atoms with Crippen LogP contribution in [0, 0.1) is 5.82 Å². The van der Waals surface area contributed by atoms with Gasteiger partial charge in [0.1, 0.15) is 5.82 Å². The van der Waals surface area contributed by atoms with Gasteiger partial charge in [-0.15, -0.1) is 0 Å². The molecule has 0 radical (unpaired) electrons. The lowest BCUT2D eigenvalue weighted by atomic mass is 9.88. The van der Waals surface area contributed by atoms with Crippen LogP contribution >= 0.6 is 23.2 Å². The number of hydrogen-bond acceptors (Lipinski definition) is 3. The summed E-state index contributed by atoms with van der Waals surface area (Å²) in [6, 6.07) is 17.1. The quantitative estimate of drug-likeness (QED) is 0.555. The number of para-hydroxylation sites is 1. The lowest BCUT2D eigenvalue weighted by Gasteiger charge is -2.23. The molecule has 0 spiro atoms. The molecule has 0 bridgehead atoms. The van der Waals surface area contributed by atoms with Crippen LogP contribution in [0.4, 0.5) is 10.1 Å². The molecule has 0 fully saturated rings. The van der Waals surface area contributed by atoms with Crippen molar-refractivity contribution >= 4 is 40.6 Å². The maximum atomic E-state index is 14.2. The normalized spacial score (nSPS) is 17.9. The van der Waals surface area contributed by atoms with Crippen LogP contribution in [0.1, 0.15) is 27.9 Å². The van der Waals surface area contributed by atoms with Crippen LogP contribution in [0.5, 0.6) is 0 Å². The molecule has 0 aliphatic carbocycles. The van der Waals surface area contributed by atoms with E-state index >= 15 is 0 Å². The monoisotopic (exact) mass is 443 g/mol. The second-order valence-corrected chi connectivity index (χ2v) is 7.90. The molecule has 4 rings (SSSR count). The Hall–Kier alpha value is -2.73. The Bertz CT molecular complexity index is 1170. The highest BCUT2D eigenvalue weighted by atomic mass is 35.5. The fourth-order valence-corrected chi connectivity index (χ4v) is 3.93. The smallest absolute Gasteiger partial charge is 0.264 e. The van der Waals surface area contributed by atoms with Crippen LogP contribution in [0.25, 0.3) is 0 Å². The number of hydrogen-bond donors (Lipinski definition) is 1. The zero-order chi connectivity index (χ0) is 21.5. The topological polar surface area (TPSA) is 57.6 Å². The number of benzene rings is 3. The molecular formula is C23H16Cl2FNO3. The van der Waals surface area contributed by atoms with Crippen LogP contribution in [-0.4, -0.2) is 16.8 Å². The molecule has 0 unspecified atom stereocenters. The molecule has 152 valence electrons. The molecule has 0 aromatic heterocycles. The van der Waals surface area contributed by atoms with E-state index in [2.05, 4.69) is 0 Å². The van der Waals surface area contributed by atoms with Crippen molar-refractivity contribution in [2.75, 3.05) is 4.90 Å². The van der Waals surface area contributed by atoms with Gasteiger partial charge in [0.25, 0.3) is 5.91 Å². The molecule has 3 aromatic carbocycles. The molecule has 0 saturated carbocycles.